The molecule has 0 aliphatic carbocycles. The first-order chi connectivity index (χ1) is 7.17. The maximum atomic E-state index is 6.21. The van der Waals surface area contributed by atoms with E-state index in [1.165, 1.54) is 23.5 Å². The van der Waals surface area contributed by atoms with Gasteiger partial charge >= 0.3 is 0 Å². The highest BCUT2D eigenvalue weighted by Crippen LogP contribution is 2.48. The quantitative estimate of drug-likeness (QED) is 0.884. The summed E-state index contributed by atoms with van der Waals surface area (Å²) in [5.41, 5.74) is 0. The smallest absolute Gasteiger partial charge is 0.0573 e. The molecule has 0 amide bonds. The summed E-state index contributed by atoms with van der Waals surface area (Å²) in [5.74, 6) is 1.28. The van der Waals surface area contributed by atoms with Crippen LogP contribution in [0.3, 0.4) is 0 Å². The van der Waals surface area contributed by atoms with Crippen molar-refractivity contribution in [1.82, 2.24) is 5.32 Å². The normalized spacial score (nSPS) is 28.2. The maximum absolute atomic E-state index is 6.21. The molecule has 1 aliphatic heterocycles. The van der Waals surface area contributed by atoms with Crippen molar-refractivity contribution >= 4 is 34.7 Å². The second kappa shape index (κ2) is 4.66. The van der Waals surface area contributed by atoms with E-state index in [2.05, 4.69) is 29.4 Å². The molecule has 2 unspecified atom stereocenters. The standard InChI is InChI=1S/C11H16ClNS2/c1-11(5-3-6-15-11)10(13-2)9-8(12)4-7-14-9/h4,7,10,13H,3,5-6H2,1-2H3. The van der Waals surface area contributed by atoms with Gasteiger partial charge in [-0.05, 0) is 44.0 Å². The minimum Gasteiger partial charge on any atom is -0.311 e. The maximum Gasteiger partial charge on any atom is 0.0573 e. The van der Waals surface area contributed by atoms with E-state index in [4.69, 9.17) is 11.6 Å². The van der Waals surface area contributed by atoms with E-state index in [1.54, 1.807) is 11.3 Å². The molecule has 1 aromatic heterocycles. The molecule has 0 bridgehead atoms. The summed E-state index contributed by atoms with van der Waals surface area (Å²) in [7, 11) is 2.03. The Morgan fingerprint density at radius 2 is 2.40 bits per heavy atom. The number of thiophene rings is 1. The van der Waals surface area contributed by atoms with Crippen LogP contribution in [-0.2, 0) is 0 Å². The number of hydrogen-bond acceptors (Lipinski definition) is 3. The molecule has 2 heterocycles. The zero-order valence-electron chi connectivity index (χ0n) is 9.05. The van der Waals surface area contributed by atoms with Crippen molar-refractivity contribution in [2.24, 2.45) is 0 Å². The summed E-state index contributed by atoms with van der Waals surface area (Å²) < 4.78 is 0.309. The molecule has 2 atom stereocenters. The highest BCUT2D eigenvalue weighted by atomic mass is 35.5. The predicted molar refractivity (Wildman–Crippen MR) is 71.2 cm³/mol. The van der Waals surface area contributed by atoms with Crippen LogP contribution in [0.1, 0.15) is 30.7 Å². The van der Waals surface area contributed by atoms with E-state index in [1.807, 2.05) is 13.1 Å². The van der Waals surface area contributed by atoms with Crippen LogP contribution in [0.2, 0.25) is 5.02 Å². The summed E-state index contributed by atoms with van der Waals surface area (Å²) in [4.78, 5) is 1.29. The number of nitrogens with one attached hydrogen (secondary N) is 1. The Bertz CT molecular complexity index is 331. The summed E-state index contributed by atoms with van der Waals surface area (Å²) in [5, 5.41) is 6.42. The molecule has 2 rings (SSSR count). The van der Waals surface area contributed by atoms with Crippen molar-refractivity contribution < 1.29 is 0 Å². The summed E-state index contributed by atoms with van der Waals surface area (Å²) in [6.45, 7) is 2.35. The molecule has 0 aromatic carbocycles. The van der Waals surface area contributed by atoms with E-state index in [0.717, 1.165) is 5.02 Å². The van der Waals surface area contributed by atoms with Crippen LogP contribution in [-0.4, -0.2) is 17.5 Å². The molecule has 4 heteroatoms. The molecule has 1 aromatic rings. The van der Waals surface area contributed by atoms with Crippen molar-refractivity contribution in [3.05, 3.63) is 21.3 Å². The Labute approximate surface area is 105 Å². The third-order valence-corrected chi connectivity index (χ3v) is 6.07. The molecule has 0 spiro atoms. The second-order valence-corrected chi connectivity index (χ2v) is 7.10. The third kappa shape index (κ3) is 2.21. The van der Waals surface area contributed by atoms with Crippen LogP contribution >= 0.6 is 34.7 Å². The third-order valence-electron chi connectivity index (χ3n) is 3.06. The molecule has 84 valence electrons. The molecule has 1 saturated heterocycles. The number of rotatable bonds is 3. The fraction of sp³-hybridized carbons (Fsp3) is 0.636. The molecule has 15 heavy (non-hydrogen) atoms. The Hall–Kier alpha value is 0.300. The van der Waals surface area contributed by atoms with Gasteiger partial charge in [-0.15, -0.1) is 11.3 Å². The first kappa shape index (κ1) is 11.8. The van der Waals surface area contributed by atoms with Gasteiger partial charge in [-0.1, -0.05) is 11.6 Å². The fourth-order valence-corrected chi connectivity index (χ4v) is 5.20. The predicted octanol–water partition coefficient (Wildman–Crippen LogP) is 3.95. The lowest BCUT2D eigenvalue weighted by Gasteiger charge is -2.32. The van der Waals surface area contributed by atoms with Gasteiger partial charge < -0.3 is 5.32 Å². The molecule has 1 aliphatic rings. The number of thioether (sulfide) groups is 1. The van der Waals surface area contributed by atoms with Gasteiger partial charge in [-0.25, -0.2) is 0 Å². The van der Waals surface area contributed by atoms with Crippen LogP contribution in [0.4, 0.5) is 0 Å². The fourth-order valence-electron chi connectivity index (χ4n) is 2.25. The first-order valence-electron chi connectivity index (χ1n) is 5.21. The van der Waals surface area contributed by atoms with Gasteiger partial charge in [-0.2, -0.15) is 11.8 Å². The molecule has 0 radical (unpaired) electrons. The Morgan fingerprint density at radius 3 is 2.87 bits per heavy atom. The molecule has 0 saturated carbocycles. The molecular weight excluding hydrogens is 246 g/mol. The van der Waals surface area contributed by atoms with Crippen molar-refractivity contribution in [1.29, 1.82) is 0 Å². The van der Waals surface area contributed by atoms with Gasteiger partial charge in [-0.3, -0.25) is 0 Å². The topological polar surface area (TPSA) is 12.0 Å². The van der Waals surface area contributed by atoms with E-state index < -0.39 is 0 Å². The lowest BCUT2D eigenvalue weighted by molar-refractivity contribution is 0.446. The zero-order valence-corrected chi connectivity index (χ0v) is 11.4. The van der Waals surface area contributed by atoms with E-state index in [0.29, 0.717) is 10.8 Å². The van der Waals surface area contributed by atoms with E-state index in [9.17, 15) is 0 Å². The average Bonchev–Trinajstić information content (AvgIpc) is 2.79. The van der Waals surface area contributed by atoms with Crippen LogP contribution in [0.5, 0.6) is 0 Å². The van der Waals surface area contributed by atoms with Crippen molar-refractivity contribution in [2.45, 2.75) is 30.6 Å². The molecule has 1 nitrogen and oxygen atoms in total. The molecular formula is C11H16ClNS2. The second-order valence-electron chi connectivity index (χ2n) is 4.12. The van der Waals surface area contributed by atoms with Crippen LogP contribution in [0, 0.1) is 0 Å². The van der Waals surface area contributed by atoms with Gasteiger partial charge in [0.05, 0.1) is 11.1 Å². The summed E-state index contributed by atoms with van der Waals surface area (Å²) >= 11 is 10.0. The minimum atomic E-state index is 0.309. The zero-order chi connectivity index (χ0) is 10.9. The Balaban J connectivity index is 2.27. The molecule has 1 N–H and O–H groups in total. The highest BCUT2D eigenvalue weighted by Gasteiger charge is 2.39. The highest BCUT2D eigenvalue weighted by molar-refractivity contribution is 8.00. The van der Waals surface area contributed by atoms with Crippen LogP contribution in [0.15, 0.2) is 11.4 Å². The van der Waals surface area contributed by atoms with Crippen molar-refractivity contribution in [3.8, 4) is 0 Å². The van der Waals surface area contributed by atoms with Gasteiger partial charge in [0.25, 0.3) is 0 Å². The van der Waals surface area contributed by atoms with Crippen molar-refractivity contribution in [2.75, 3.05) is 12.8 Å². The SMILES string of the molecule is CNC(c1sccc1Cl)C1(C)CCCS1. The first-order valence-corrected chi connectivity index (χ1v) is 7.46. The average molecular weight is 262 g/mol. The van der Waals surface area contributed by atoms with Crippen LogP contribution in [0.25, 0.3) is 0 Å². The van der Waals surface area contributed by atoms with Gasteiger partial charge in [0.1, 0.15) is 0 Å². The summed E-state index contributed by atoms with van der Waals surface area (Å²) in [6.07, 6.45) is 2.60. The summed E-state index contributed by atoms with van der Waals surface area (Å²) in [6, 6.07) is 2.38. The largest absolute Gasteiger partial charge is 0.311 e. The van der Waals surface area contributed by atoms with Gasteiger partial charge in [0.15, 0.2) is 0 Å². The lowest BCUT2D eigenvalue weighted by atomic mass is 9.95. The number of halogens is 1. The lowest BCUT2D eigenvalue weighted by Crippen LogP contribution is -2.35. The Kier molecular flexibility index (Phi) is 3.66. The van der Waals surface area contributed by atoms with Gasteiger partial charge in [0.2, 0.25) is 0 Å². The Morgan fingerprint density at radius 1 is 1.60 bits per heavy atom. The van der Waals surface area contributed by atoms with E-state index >= 15 is 0 Å². The monoisotopic (exact) mass is 261 g/mol. The number of hydrogen-bond donors (Lipinski definition) is 1. The minimum absolute atomic E-state index is 0.309. The van der Waals surface area contributed by atoms with E-state index in [-0.39, 0.29) is 0 Å². The molecule has 1 fully saturated rings. The van der Waals surface area contributed by atoms with Gasteiger partial charge in [0, 0.05) is 9.62 Å². The van der Waals surface area contributed by atoms with Crippen molar-refractivity contribution in [3.63, 3.8) is 0 Å². The van der Waals surface area contributed by atoms with Crippen LogP contribution < -0.4 is 5.32 Å².